The zero-order valence-electron chi connectivity index (χ0n) is 26.0. The van der Waals surface area contributed by atoms with E-state index in [4.69, 9.17) is 28.9 Å². The smallest absolute Gasteiger partial charge is 0.257 e. The molecular formula is C32H34Cl2N8O4S. The van der Waals surface area contributed by atoms with Crippen LogP contribution >= 0.6 is 23.2 Å². The number of hydrogen-bond acceptors (Lipinski definition) is 7. The fourth-order valence-corrected chi connectivity index (χ4v) is 7.74. The number of nitrogens with two attached hydrogens (primary N) is 1. The molecule has 0 spiro atoms. The number of rotatable bonds is 9. The molecule has 0 radical (unpaired) electrons. The van der Waals surface area contributed by atoms with Gasteiger partial charge in [0.25, 0.3) is 5.91 Å². The summed E-state index contributed by atoms with van der Waals surface area (Å²) >= 11 is 12.6. The number of benzene rings is 2. The van der Waals surface area contributed by atoms with Gasteiger partial charge in [0.15, 0.2) is 0 Å². The zero-order chi connectivity index (χ0) is 33.8. The fourth-order valence-electron chi connectivity index (χ4n) is 5.75. The first-order valence-electron chi connectivity index (χ1n) is 15.1. The predicted molar refractivity (Wildman–Crippen MR) is 180 cm³/mol. The summed E-state index contributed by atoms with van der Waals surface area (Å²) in [4.78, 5) is 54.2. The number of likely N-dealkylation sites (N-methyl/N-ethyl adjacent to an activating group) is 1. The van der Waals surface area contributed by atoms with Crippen molar-refractivity contribution in [1.29, 1.82) is 0 Å². The van der Waals surface area contributed by atoms with Crippen LogP contribution in [-0.4, -0.2) is 76.8 Å². The Morgan fingerprint density at radius 2 is 1.68 bits per heavy atom. The summed E-state index contributed by atoms with van der Waals surface area (Å²) in [5, 5.41) is 0.957. The van der Waals surface area contributed by atoms with Crippen LogP contribution in [0.15, 0.2) is 72.4 Å². The molecule has 2 N–H and O–H groups in total. The van der Waals surface area contributed by atoms with Gasteiger partial charge < -0.3 is 10.6 Å². The number of fused-ring (bicyclic) bond motifs is 1. The third-order valence-electron chi connectivity index (χ3n) is 7.79. The van der Waals surface area contributed by atoms with Crippen molar-refractivity contribution in [2.75, 3.05) is 25.0 Å². The zero-order valence-corrected chi connectivity index (χ0v) is 28.4. The topological polar surface area (TPSA) is 148 Å². The number of hydrogen-bond donors (Lipinski definition) is 1. The number of primary amides is 1. The van der Waals surface area contributed by atoms with Gasteiger partial charge in [0.05, 0.1) is 18.4 Å². The number of aromatic nitrogens is 4. The van der Waals surface area contributed by atoms with Crippen molar-refractivity contribution in [3.05, 3.63) is 83.0 Å². The van der Waals surface area contributed by atoms with E-state index in [1.807, 2.05) is 38.1 Å². The lowest BCUT2D eigenvalue weighted by Gasteiger charge is -2.26. The number of carbonyl (C=O) groups is 3. The number of halogens is 2. The van der Waals surface area contributed by atoms with E-state index in [0.717, 1.165) is 16.7 Å². The highest BCUT2D eigenvalue weighted by Gasteiger charge is 2.44. The number of carbonyl (C=O) groups excluding carboxylic acids is 3. The minimum absolute atomic E-state index is 0.248. The van der Waals surface area contributed by atoms with Gasteiger partial charge in [-0.25, -0.2) is 28.4 Å². The molecule has 1 fully saturated rings. The summed E-state index contributed by atoms with van der Waals surface area (Å²) in [5.41, 5.74) is 8.35. The van der Waals surface area contributed by atoms with E-state index < -0.39 is 29.0 Å². The van der Waals surface area contributed by atoms with Gasteiger partial charge in [-0.05, 0) is 42.2 Å². The predicted octanol–water partition coefficient (Wildman–Crippen LogP) is 4.57. The minimum atomic E-state index is -1.87. The molecule has 15 heteroatoms. The maximum Gasteiger partial charge on any atom is 0.257 e. The van der Waals surface area contributed by atoms with Gasteiger partial charge in [0, 0.05) is 48.0 Å². The molecule has 4 heterocycles. The standard InChI is InChI=1S/C30H28Cl2N8O4S.C2H6/c1-37(16-26(33)41)28(42)24-3-2-8-38(24)45(44)27-15-36-30-39(23-11-21(31)10-22(32)12-23)29(43)25(40(27)30)9-18-4-6-19(7-5-18)20-13-34-17-35-14-20;1-2/h4-7,10-15,17,24-25H,2-3,8-9,16H2,1H3,(H2,33,41);1-2H3/t24-,25?,45?;/m0./s1. The highest BCUT2D eigenvalue weighted by atomic mass is 35.5. The molecule has 3 atom stereocenters. The van der Waals surface area contributed by atoms with E-state index >= 15 is 0 Å². The highest BCUT2D eigenvalue weighted by molar-refractivity contribution is 7.82. The van der Waals surface area contributed by atoms with Crippen LogP contribution in [-0.2, 0) is 31.8 Å². The molecule has 2 aliphatic heterocycles. The summed E-state index contributed by atoms with van der Waals surface area (Å²) in [7, 11) is -0.378. The summed E-state index contributed by atoms with van der Waals surface area (Å²) in [5.74, 6) is -1.03. The second-order valence-electron chi connectivity index (χ2n) is 10.8. The number of nitrogens with zero attached hydrogens (tertiary/aromatic N) is 7. The van der Waals surface area contributed by atoms with Crippen molar-refractivity contribution in [3.63, 3.8) is 0 Å². The third kappa shape index (κ3) is 7.08. The average Bonchev–Trinajstić information content (AvgIpc) is 3.78. The highest BCUT2D eigenvalue weighted by Crippen LogP contribution is 2.42. The van der Waals surface area contributed by atoms with Crippen LogP contribution in [0.4, 0.5) is 11.6 Å². The van der Waals surface area contributed by atoms with Crippen LogP contribution in [0.25, 0.3) is 11.1 Å². The van der Waals surface area contributed by atoms with E-state index in [0.29, 0.717) is 35.1 Å². The van der Waals surface area contributed by atoms with Crippen molar-refractivity contribution in [3.8, 4) is 11.1 Å². The van der Waals surface area contributed by atoms with E-state index in [2.05, 4.69) is 15.0 Å². The van der Waals surface area contributed by atoms with E-state index in [-0.39, 0.29) is 35.8 Å². The lowest BCUT2D eigenvalue weighted by Crippen LogP contribution is -2.47. The number of imidazole rings is 1. The Bertz CT molecular complexity index is 1780. The number of anilines is 2. The van der Waals surface area contributed by atoms with Crippen molar-refractivity contribution < 1.29 is 18.6 Å². The first-order chi connectivity index (χ1) is 22.6. The lowest BCUT2D eigenvalue weighted by molar-refractivity contribution is -0.136. The van der Waals surface area contributed by atoms with Gasteiger partial charge in [-0.3, -0.25) is 19.0 Å². The van der Waals surface area contributed by atoms with E-state index in [9.17, 15) is 18.6 Å². The normalized spacial score (nSPS) is 18.0. The van der Waals surface area contributed by atoms with Gasteiger partial charge in [0.2, 0.25) is 17.8 Å². The summed E-state index contributed by atoms with van der Waals surface area (Å²) in [6.07, 6.45) is 7.73. The molecule has 47 heavy (non-hydrogen) atoms. The molecule has 2 unspecified atom stereocenters. The van der Waals surface area contributed by atoms with E-state index in [1.54, 1.807) is 39.5 Å². The van der Waals surface area contributed by atoms with Crippen molar-refractivity contribution in [1.82, 2.24) is 28.7 Å². The first kappa shape index (κ1) is 34.2. The molecule has 0 saturated carbocycles. The summed E-state index contributed by atoms with van der Waals surface area (Å²) in [6, 6.07) is 11.0. The Hall–Kier alpha value is -4.17. The summed E-state index contributed by atoms with van der Waals surface area (Å²) < 4.78 is 17.5. The molecule has 6 rings (SSSR count). The molecule has 3 amide bonds. The third-order valence-corrected chi connectivity index (χ3v) is 9.75. The van der Waals surface area contributed by atoms with Crippen LogP contribution < -0.4 is 10.6 Å². The van der Waals surface area contributed by atoms with Gasteiger partial charge >= 0.3 is 0 Å². The van der Waals surface area contributed by atoms with Crippen molar-refractivity contribution in [2.24, 2.45) is 5.73 Å². The monoisotopic (exact) mass is 696 g/mol. The Morgan fingerprint density at radius 1 is 1.02 bits per heavy atom. The van der Waals surface area contributed by atoms with Gasteiger partial charge in [0.1, 0.15) is 34.4 Å². The van der Waals surface area contributed by atoms with Crippen LogP contribution in [0.5, 0.6) is 0 Å². The quantitative estimate of drug-likeness (QED) is 0.270. The average molecular weight is 698 g/mol. The molecule has 2 aliphatic rings. The maximum absolute atomic E-state index is 14.2. The van der Waals surface area contributed by atoms with Crippen LogP contribution in [0.2, 0.25) is 10.0 Å². The fraction of sp³-hybridized carbons (Fsp3) is 0.312. The van der Waals surface area contributed by atoms with Crippen LogP contribution in [0.3, 0.4) is 0 Å². The molecule has 246 valence electrons. The Kier molecular flexibility index (Phi) is 10.7. The molecular weight excluding hydrogens is 663 g/mol. The van der Waals surface area contributed by atoms with E-state index in [1.165, 1.54) is 29.4 Å². The van der Waals surface area contributed by atoms with Gasteiger partial charge in [-0.15, -0.1) is 0 Å². The summed E-state index contributed by atoms with van der Waals surface area (Å²) in [6.45, 7) is 4.13. The largest absolute Gasteiger partial charge is 0.368 e. The molecule has 4 aromatic rings. The Labute approximate surface area is 285 Å². The van der Waals surface area contributed by atoms with Crippen LogP contribution in [0.1, 0.15) is 38.3 Å². The molecule has 2 aromatic heterocycles. The minimum Gasteiger partial charge on any atom is -0.368 e. The second kappa shape index (κ2) is 14.7. The first-order valence-corrected chi connectivity index (χ1v) is 16.9. The van der Waals surface area contributed by atoms with Crippen LogP contribution in [0, 0.1) is 0 Å². The Morgan fingerprint density at radius 3 is 2.32 bits per heavy atom. The van der Waals surface area contributed by atoms with Gasteiger partial charge in [-0.1, -0.05) is 61.3 Å². The SMILES string of the molecule is CC.CN(CC(N)=O)C(=O)[C@@H]1CCCN1S(=O)c1cnc2n1C(Cc1ccc(-c3cncnc3)cc1)C(=O)N2c1cc(Cl)cc(Cl)c1. The maximum atomic E-state index is 14.2. The van der Waals surface area contributed by atoms with Gasteiger partial charge in [-0.2, -0.15) is 0 Å². The molecule has 2 aromatic carbocycles. The number of amides is 3. The molecule has 12 nitrogen and oxygen atoms in total. The van der Waals surface area contributed by atoms with Crippen molar-refractivity contribution in [2.45, 2.75) is 50.2 Å². The lowest BCUT2D eigenvalue weighted by atomic mass is 10.0. The molecule has 1 saturated heterocycles. The second-order valence-corrected chi connectivity index (χ2v) is 13.1. The van der Waals surface area contributed by atoms with Crippen molar-refractivity contribution >= 4 is 63.5 Å². The molecule has 0 bridgehead atoms. The molecule has 0 aliphatic carbocycles. The Balaban J connectivity index is 0.00000213.